The normalized spacial score (nSPS) is 12.0. The minimum absolute atomic E-state index is 0.0108. The third-order valence-corrected chi connectivity index (χ3v) is 4.25. The van der Waals surface area contributed by atoms with Crippen molar-refractivity contribution in [2.45, 2.75) is 6.18 Å². The van der Waals surface area contributed by atoms with Crippen molar-refractivity contribution >= 4 is 39.0 Å². The summed E-state index contributed by atoms with van der Waals surface area (Å²) in [6.07, 6.45) is -4.61. The lowest BCUT2D eigenvalue weighted by atomic mass is 10.1. The Morgan fingerprint density at radius 3 is 2.48 bits per heavy atom. The Balaban J connectivity index is 2.26. The van der Waals surface area contributed by atoms with Gasteiger partial charge in [-0.2, -0.15) is 13.2 Å². The fraction of sp³-hybridized carbons (Fsp3) is 0.0588. The van der Waals surface area contributed by atoms with Gasteiger partial charge in [0.15, 0.2) is 5.65 Å². The maximum absolute atomic E-state index is 13.0. The molecule has 7 nitrogen and oxygen atoms in total. The molecular weight excluding hydrogens is 365 g/mol. The van der Waals surface area contributed by atoms with E-state index in [2.05, 4.69) is 4.98 Å². The summed E-state index contributed by atoms with van der Waals surface area (Å²) in [6, 6.07) is 6.49. The van der Waals surface area contributed by atoms with Crippen LogP contribution in [0.4, 0.5) is 18.9 Å². The summed E-state index contributed by atoms with van der Waals surface area (Å²) in [5, 5.41) is 27.7. The molecule has 0 bridgehead atoms. The number of hydrogen-bond acceptors (Lipinski definition) is 5. The number of alkyl halides is 3. The summed E-state index contributed by atoms with van der Waals surface area (Å²) in [5.41, 5.74) is -1.88. The van der Waals surface area contributed by atoms with Gasteiger partial charge in [-0.3, -0.25) is 25.5 Å². The molecule has 0 atom stereocenters. The Labute approximate surface area is 147 Å². The predicted molar refractivity (Wildman–Crippen MR) is 90.2 cm³/mol. The molecule has 2 N–H and O–H groups in total. The quantitative estimate of drug-likeness (QED) is 0.394. The van der Waals surface area contributed by atoms with Crippen LogP contribution in [0.1, 0.15) is 5.56 Å². The van der Waals surface area contributed by atoms with Crippen LogP contribution in [0, 0.1) is 0 Å². The summed E-state index contributed by atoms with van der Waals surface area (Å²) in [5.74, 6) is 1.91. The molecule has 4 aromatic rings. The molecule has 2 heterocycles. The highest BCUT2D eigenvalue weighted by atomic mass is 19.4. The van der Waals surface area contributed by atoms with Crippen LogP contribution >= 0.6 is 0 Å². The van der Waals surface area contributed by atoms with Crippen LogP contribution < -0.4 is 16.0 Å². The van der Waals surface area contributed by atoms with Crippen molar-refractivity contribution in [3.8, 4) is 0 Å². The van der Waals surface area contributed by atoms with E-state index < -0.39 is 17.3 Å². The van der Waals surface area contributed by atoms with Gasteiger partial charge in [-0.05, 0) is 30.3 Å². The van der Waals surface area contributed by atoms with Gasteiger partial charge in [-0.1, -0.05) is 6.07 Å². The van der Waals surface area contributed by atoms with Crippen molar-refractivity contribution in [1.82, 2.24) is 9.38 Å². The van der Waals surface area contributed by atoms with E-state index in [9.17, 15) is 23.4 Å². The minimum atomic E-state index is -4.61. The van der Waals surface area contributed by atoms with Gasteiger partial charge >= 0.3 is 6.18 Å². The smallest absolute Gasteiger partial charge is 0.416 e. The molecular formula is C17H8F3N4O3-. The maximum Gasteiger partial charge on any atom is 0.416 e. The lowest BCUT2D eigenvalue weighted by Gasteiger charge is -2.09. The lowest BCUT2D eigenvalue weighted by Crippen LogP contribution is -2.22. The third-order valence-electron chi connectivity index (χ3n) is 4.25. The van der Waals surface area contributed by atoms with Crippen LogP contribution in [0.25, 0.3) is 32.9 Å². The van der Waals surface area contributed by atoms with E-state index in [4.69, 9.17) is 10.4 Å². The van der Waals surface area contributed by atoms with Gasteiger partial charge in [0.2, 0.25) is 0 Å². The van der Waals surface area contributed by atoms with E-state index in [1.54, 1.807) is 0 Å². The van der Waals surface area contributed by atoms with Crippen molar-refractivity contribution in [2.24, 2.45) is 0 Å². The Hall–Kier alpha value is -3.46. The number of rotatable bonds is 1. The van der Waals surface area contributed by atoms with E-state index in [-0.39, 0.29) is 43.6 Å². The Kier molecular flexibility index (Phi) is 3.47. The summed E-state index contributed by atoms with van der Waals surface area (Å²) in [6.45, 7) is 0. The first kappa shape index (κ1) is 17.0. The maximum atomic E-state index is 13.0. The van der Waals surface area contributed by atoms with Gasteiger partial charge < -0.3 is 5.41 Å². The molecule has 136 valence electrons. The number of fused-ring (bicyclic) bond motifs is 4. The Bertz CT molecular complexity index is 1370. The number of aromatic nitrogens is 2. The highest BCUT2D eigenvalue weighted by Crippen LogP contribution is 2.31. The number of benzene rings is 2. The number of pyridine rings is 1. The molecule has 2 aromatic carbocycles. The van der Waals surface area contributed by atoms with Gasteiger partial charge in [0.25, 0.3) is 5.56 Å². The van der Waals surface area contributed by atoms with Crippen LogP contribution in [0.3, 0.4) is 0 Å². The molecule has 0 aliphatic rings. The number of hydrogen-bond donors (Lipinski definition) is 2. The van der Waals surface area contributed by atoms with E-state index in [1.165, 1.54) is 12.1 Å². The van der Waals surface area contributed by atoms with Gasteiger partial charge in [0.05, 0.1) is 27.7 Å². The second-order valence-electron chi connectivity index (χ2n) is 5.78. The van der Waals surface area contributed by atoms with E-state index in [0.717, 1.165) is 28.7 Å². The molecule has 0 unspecified atom stereocenters. The summed E-state index contributed by atoms with van der Waals surface area (Å²) >= 11 is 0. The highest BCUT2D eigenvalue weighted by molar-refractivity contribution is 5.94. The van der Waals surface area contributed by atoms with Crippen LogP contribution in [0.15, 0.2) is 41.2 Å². The van der Waals surface area contributed by atoms with Gasteiger partial charge in [-0.25, -0.2) is 4.98 Å². The first-order valence-corrected chi connectivity index (χ1v) is 7.46. The summed E-state index contributed by atoms with van der Waals surface area (Å²) in [4.78, 5) is 17.1. The second kappa shape index (κ2) is 5.52. The summed E-state index contributed by atoms with van der Waals surface area (Å²) < 4.78 is 40.0. The summed E-state index contributed by atoms with van der Waals surface area (Å²) in [7, 11) is 0. The van der Waals surface area contributed by atoms with E-state index >= 15 is 0 Å². The number of halogens is 3. The van der Waals surface area contributed by atoms with Crippen LogP contribution in [0.5, 0.6) is 0 Å². The number of imidazole rings is 1. The van der Waals surface area contributed by atoms with Crippen molar-refractivity contribution < 1.29 is 23.6 Å². The molecule has 0 aliphatic heterocycles. The second-order valence-corrected chi connectivity index (χ2v) is 5.78. The molecule has 0 amide bonds. The molecule has 0 radical (unpaired) electrons. The zero-order valence-corrected chi connectivity index (χ0v) is 13.2. The average Bonchev–Trinajstić information content (AvgIpc) is 2.99. The molecule has 0 spiro atoms. The van der Waals surface area contributed by atoms with Gasteiger partial charge in [0.1, 0.15) is 0 Å². The highest BCUT2D eigenvalue weighted by Gasteiger charge is 2.31. The standard InChI is InChI=1S/C17H8F3N4O3/c18-17(19,20)8-1-4-13-14(5-8)23-15(22-13)12(7-21)10-3-2-9(24(26)27)6-11(10)16(23)25/h1-6,26-27H/q-1. The van der Waals surface area contributed by atoms with Crippen LogP contribution in [-0.4, -0.2) is 25.7 Å². The molecule has 0 saturated carbocycles. The number of anilines is 1. The zero-order chi connectivity index (χ0) is 19.5. The van der Waals surface area contributed by atoms with Gasteiger partial charge in [0, 0.05) is 10.6 Å². The van der Waals surface area contributed by atoms with Crippen molar-refractivity contribution in [3.05, 3.63) is 62.9 Å². The van der Waals surface area contributed by atoms with Crippen LogP contribution in [-0.2, 0) is 6.18 Å². The van der Waals surface area contributed by atoms with Crippen molar-refractivity contribution in [3.63, 3.8) is 0 Å². The molecule has 27 heavy (non-hydrogen) atoms. The molecule has 4 rings (SSSR count). The fourth-order valence-corrected chi connectivity index (χ4v) is 3.03. The largest absolute Gasteiger partial charge is 0.763 e. The molecule has 0 aliphatic carbocycles. The number of nitrogens with zero attached hydrogens (tertiary/aromatic N) is 4. The molecule has 0 fully saturated rings. The molecule has 10 heteroatoms. The van der Waals surface area contributed by atoms with E-state index in [1.807, 2.05) is 5.87 Å². The first-order chi connectivity index (χ1) is 12.7. The third kappa shape index (κ3) is 2.43. The van der Waals surface area contributed by atoms with Crippen LogP contribution in [0.2, 0.25) is 0 Å². The Morgan fingerprint density at radius 1 is 1.11 bits per heavy atom. The minimum Gasteiger partial charge on any atom is -0.763 e. The predicted octanol–water partition coefficient (Wildman–Crippen LogP) is 2.23. The van der Waals surface area contributed by atoms with Crippen molar-refractivity contribution in [1.29, 1.82) is 0 Å². The first-order valence-electron chi connectivity index (χ1n) is 7.46. The molecule has 0 saturated heterocycles. The SMILES string of the molecule is [N-]=C=c1c2ccc(N(O)O)cc2c(=O)n2c1nc1ccc(C(F)(F)F)cc12. The fourth-order valence-electron chi connectivity index (χ4n) is 3.03. The Morgan fingerprint density at radius 2 is 1.85 bits per heavy atom. The molecule has 2 aromatic heterocycles. The van der Waals surface area contributed by atoms with Gasteiger partial charge in [-0.15, -0.1) is 5.23 Å². The average molecular weight is 373 g/mol. The zero-order valence-electron chi connectivity index (χ0n) is 13.2. The van der Waals surface area contributed by atoms with E-state index in [0.29, 0.717) is 0 Å². The topological polar surface area (TPSA) is 100 Å². The monoisotopic (exact) mass is 373 g/mol. The lowest BCUT2D eigenvalue weighted by molar-refractivity contribution is -0.137. The van der Waals surface area contributed by atoms with Crippen molar-refractivity contribution in [2.75, 3.05) is 5.23 Å².